The van der Waals surface area contributed by atoms with Crippen LogP contribution < -0.4 is 5.32 Å². The van der Waals surface area contributed by atoms with Crippen molar-refractivity contribution in [2.75, 3.05) is 19.6 Å². The summed E-state index contributed by atoms with van der Waals surface area (Å²) in [5.41, 5.74) is -0.497. The monoisotopic (exact) mass is 296 g/mol. The van der Waals surface area contributed by atoms with Crippen LogP contribution in [0.15, 0.2) is 0 Å². The molecule has 2 fully saturated rings. The van der Waals surface area contributed by atoms with Gasteiger partial charge in [-0.05, 0) is 37.5 Å². The van der Waals surface area contributed by atoms with Gasteiger partial charge in [-0.25, -0.2) is 4.79 Å². The average molecular weight is 296 g/mol. The number of amides is 2. The van der Waals surface area contributed by atoms with Gasteiger partial charge in [-0.1, -0.05) is 26.7 Å². The molecular formula is C16H28N2O3. The molecule has 2 N–H and O–H groups in total. The van der Waals surface area contributed by atoms with Crippen LogP contribution in [0.4, 0.5) is 4.79 Å². The van der Waals surface area contributed by atoms with Gasteiger partial charge in [0.25, 0.3) is 0 Å². The van der Waals surface area contributed by atoms with Crippen LogP contribution in [0.2, 0.25) is 0 Å². The second-order valence-corrected chi connectivity index (χ2v) is 7.18. The number of likely N-dealkylation sites (tertiary alicyclic amines) is 1. The van der Waals surface area contributed by atoms with Crippen LogP contribution in [0.3, 0.4) is 0 Å². The van der Waals surface area contributed by atoms with Gasteiger partial charge in [-0.15, -0.1) is 0 Å². The molecule has 1 aliphatic carbocycles. The van der Waals surface area contributed by atoms with Gasteiger partial charge in [-0.3, -0.25) is 4.79 Å². The van der Waals surface area contributed by atoms with Crippen molar-refractivity contribution >= 4 is 12.0 Å². The fraction of sp³-hybridized carbons (Fsp3) is 0.875. The van der Waals surface area contributed by atoms with Gasteiger partial charge >= 0.3 is 12.0 Å². The molecule has 1 atom stereocenters. The first-order chi connectivity index (χ1) is 9.91. The zero-order valence-electron chi connectivity index (χ0n) is 13.3. The van der Waals surface area contributed by atoms with Gasteiger partial charge in [0, 0.05) is 19.6 Å². The number of piperidine rings is 1. The van der Waals surface area contributed by atoms with Crippen LogP contribution in [0.25, 0.3) is 0 Å². The lowest BCUT2D eigenvalue weighted by atomic mass is 9.70. The van der Waals surface area contributed by atoms with Crippen molar-refractivity contribution in [2.45, 2.75) is 58.8 Å². The molecule has 120 valence electrons. The van der Waals surface area contributed by atoms with E-state index in [1.54, 1.807) is 4.90 Å². The number of urea groups is 1. The Balaban J connectivity index is 1.92. The number of carboxylic acids is 1. The summed E-state index contributed by atoms with van der Waals surface area (Å²) in [6, 6.07) is -0.0930. The van der Waals surface area contributed by atoms with Crippen molar-refractivity contribution in [3.63, 3.8) is 0 Å². The summed E-state index contributed by atoms with van der Waals surface area (Å²) < 4.78 is 0. The second kappa shape index (κ2) is 6.24. The number of nitrogens with one attached hydrogen (secondary N) is 1. The Kier molecular flexibility index (Phi) is 4.79. The molecular weight excluding hydrogens is 268 g/mol. The zero-order valence-corrected chi connectivity index (χ0v) is 13.3. The third-order valence-corrected chi connectivity index (χ3v) is 5.27. The molecule has 5 heteroatoms. The van der Waals surface area contributed by atoms with E-state index in [4.69, 9.17) is 0 Å². The Morgan fingerprint density at radius 1 is 1.24 bits per heavy atom. The van der Waals surface area contributed by atoms with Crippen molar-refractivity contribution in [3.05, 3.63) is 0 Å². The number of hydrogen-bond acceptors (Lipinski definition) is 2. The molecule has 5 nitrogen and oxygen atoms in total. The summed E-state index contributed by atoms with van der Waals surface area (Å²) in [5.74, 6) is -0.757. The summed E-state index contributed by atoms with van der Waals surface area (Å²) in [7, 11) is 0. The van der Waals surface area contributed by atoms with Crippen LogP contribution in [0.5, 0.6) is 0 Å². The number of hydrogen-bond donors (Lipinski definition) is 2. The minimum absolute atomic E-state index is 0.0930. The van der Waals surface area contributed by atoms with Crippen LogP contribution in [-0.4, -0.2) is 41.6 Å². The van der Waals surface area contributed by atoms with E-state index in [0.29, 0.717) is 32.5 Å². The Bertz CT molecular complexity index is 402. The molecule has 1 heterocycles. The van der Waals surface area contributed by atoms with E-state index in [2.05, 4.69) is 12.2 Å². The molecule has 2 amide bonds. The molecule has 0 aromatic carbocycles. The smallest absolute Gasteiger partial charge is 0.317 e. The first kappa shape index (κ1) is 16.1. The summed E-state index contributed by atoms with van der Waals surface area (Å²) in [4.78, 5) is 25.7. The molecule has 0 aromatic rings. The quantitative estimate of drug-likeness (QED) is 0.819. The Morgan fingerprint density at radius 3 is 2.48 bits per heavy atom. The molecule has 0 radical (unpaired) electrons. The van der Waals surface area contributed by atoms with Crippen molar-refractivity contribution in [2.24, 2.45) is 10.8 Å². The van der Waals surface area contributed by atoms with Crippen LogP contribution >= 0.6 is 0 Å². The highest BCUT2D eigenvalue weighted by molar-refractivity contribution is 5.78. The van der Waals surface area contributed by atoms with Gasteiger partial charge < -0.3 is 15.3 Å². The molecule has 1 saturated heterocycles. The fourth-order valence-electron chi connectivity index (χ4n) is 3.63. The van der Waals surface area contributed by atoms with E-state index in [-0.39, 0.29) is 11.4 Å². The topological polar surface area (TPSA) is 69.6 Å². The number of nitrogens with zero attached hydrogens (tertiary/aromatic N) is 1. The van der Waals surface area contributed by atoms with Gasteiger partial charge in [0.05, 0.1) is 5.41 Å². The third kappa shape index (κ3) is 3.50. The number of carbonyl (C=O) groups is 2. The number of carbonyl (C=O) groups excluding carboxylic acids is 1. The SMILES string of the molecule is CCCC1(C(=O)O)CCCN(C(=O)NCC2(C)CCC2)C1. The van der Waals surface area contributed by atoms with Crippen LogP contribution in [0, 0.1) is 10.8 Å². The summed E-state index contributed by atoms with van der Waals surface area (Å²) >= 11 is 0. The highest BCUT2D eigenvalue weighted by Gasteiger charge is 2.43. The normalized spacial score (nSPS) is 27.8. The number of rotatable bonds is 5. The molecule has 1 aliphatic heterocycles. The molecule has 2 aliphatic rings. The first-order valence-electron chi connectivity index (χ1n) is 8.17. The first-order valence-corrected chi connectivity index (χ1v) is 8.17. The van der Waals surface area contributed by atoms with Crippen LogP contribution in [-0.2, 0) is 4.79 Å². The molecule has 0 bridgehead atoms. The minimum Gasteiger partial charge on any atom is -0.481 e. The van der Waals surface area contributed by atoms with E-state index in [9.17, 15) is 14.7 Å². The maximum absolute atomic E-state index is 12.3. The summed E-state index contributed by atoms with van der Waals surface area (Å²) in [5, 5.41) is 12.6. The Morgan fingerprint density at radius 2 is 1.95 bits per heavy atom. The van der Waals surface area contributed by atoms with Crippen molar-refractivity contribution in [1.29, 1.82) is 0 Å². The minimum atomic E-state index is -0.757. The predicted octanol–water partition coefficient (Wildman–Crippen LogP) is 2.85. The van der Waals surface area contributed by atoms with E-state index >= 15 is 0 Å². The van der Waals surface area contributed by atoms with Crippen molar-refractivity contribution in [3.8, 4) is 0 Å². The standard InChI is InChI=1S/C16H28N2O3/c1-3-6-16(13(19)20)9-5-10-18(12-16)14(21)17-11-15(2)7-4-8-15/h3-12H2,1-2H3,(H,17,21)(H,19,20). The molecule has 0 aromatic heterocycles. The van der Waals surface area contributed by atoms with Crippen molar-refractivity contribution < 1.29 is 14.7 Å². The highest BCUT2D eigenvalue weighted by atomic mass is 16.4. The van der Waals surface area contributed by atoms with E-state index in [0.717, 1.165) is 12.8 Å². The molecule has 2 rings (SSSR count). The zero-order chi connectivity index (χ0) is 15.5. The van der Waals surface area contributed by atoms with E-state index < -0.39 is 11.4 Å². The maximum atomic E-state index is 12.3. The van der Waals surface area contributed by atoms with Gasteiger partial charge in [-0.2, -0.15) is 0 Å². The van der Waals surface area contributed by atoms with Crippen LogP contribution in [0.1, 0.15) is 58.8 Å². The predicted molar refractivity (Wildman–Crippen MR) is 81.1 cm³/mol. The van der Waals surface area contributed by atoms with Gasteiger partial charge in [0.15, 0.2) is 0 Å². The molecule has 21 heavy (non-hydrogen) atoms. The Hall–Kier alpha value is -1.26. The number of aliphatic carboxylic acids is 1. The van der Waals surface area contributed by atoms with E-state index in [1.807, 2.05) is 6.92 Å². The largest absolute Gasteiger partial charge is 0.481 e. The number of carboxylic acid groups (broad SMARTS) is 1. The molecule has 1 unspecified atom stereocenters. The van der Waals surface area contributed by atoms with Gasteiger partial charge in [0.2, 0.25) is 0 Å². The highest BCUT2D eigenvalue weighted by Crippen LogP contribution is 2.39. The average Bonchev–Trinajstić information content (AvgIpc) is 2.43. The second-order valence-electron chi connectivity index (χ2n) is 7.18. The third-order valence-electron chi connectivity index (χ3n) is 5.27. The lowest BCUT2D eigenvalue weighted by molar-refractivity contribution is -0.152. The van der Waals surface area contributed by atoms with Gasteiger partial charge in [0.1, 0.15) is 0 Å². The van der Waals surface area contributed by atoms with Crippen molar-refractivity contribution in [1.82, 2.24) is 10.2 Å². The summed E-state index contributed by atoms with van der Waals surface area (Å²) in [6.45, 7) is 5.92. The lowest BCUT2D eigenvalue weighted by Gasteiger charge is -2.42. The Labute approximate surface area is 127 Å². The molecule has 1 saturated carbocycles. The molecule has 0 spiro atoms. The lowest BCUT2D eigenvalue weighted by Crippen LogP contribution is -2.54. The fourth-order valence-corrected chi connectivity index (χ4v) is 3.63. The van der Waals surface area contributed by atoms with E-state index in [1.165, 1.54) is 19.3 Å². The summed E-state index contributed by atoms with van der Waals surface area (Å²) in [6.07, 6.45) is 6.51. The maximum Gasteiger partial charge on any atom is 0.317 e.